The van der Waals surface area contributed by atoms with E-state index < -0.39 is 5.97 Å². The molecule has 5 nitrogen and oxygen atoms in total. The molecule has 2 aliphatic rings. The van der Waals surface area contributed by atoms with Crippen molar-refractivity contribution in [1.29, 1.82) is 0 Å². The van der Waals surface area contributed by atoms with Crippen molar-refractivity contribution in [3.05, 3.63) is 28.8 Å². The molecule has 102 valence electrons. The van der Waals surface area contributed by atoms with Crippen molar-refractivity contribution in [2.24, 2.45) is 5.92 Å². The molecule has 3 rings (SSSR count). The zero-order valence-corrected chi connectivity index (χ0v) is 10.8. The average molecular weight is 263 g/mol. The van der Waals surface area contributed by atoms with Gasteiger partial charge in [-0.1, -0.05) is 0 Å². The van der Waals surface area contributed by atoms with E-state index in [1.807, 2.05) is 6.07 Å². The molecule has 2 unspecified atom stereocenters. The van der Waals surface area contributed by atoms with E-state index in [4.69, 9.17) is 14.6 Å². The number of aliphatic carboxylic acids is 1. The SMILES string of the molecule is COc1cc2c(cc1C1CC(C(=O)O)CN1)COC2. The summed E-state index contributed by atoms with van der Waals surface area (Å²) in [5.41, 5.74) is 3.38. The van der Waals surface area contributed by atoms with E-state index in [0.717, 1.165) is 16.9 Å². The number of methoxy groups -OCH3 is 1. The Bertz CT molecular complexity index is 514. The molecule has 2 atom stereocenters. The fourth-order valence-electron chi connectivity index (χ4n) is 2.84. The number of carboxylic acids is 1. The van der Waals surface area contributed by atoms with Crippen LogP contribution in [0.15, 0.2) is 12.1 Å². The molecule has 0 amide bonds. The maximum Gasteiger partial charge on any atom is 0.307 e. The van der Waals surface area contributed by atoms with Crippen molar-refractivity contribution >= 4 is 5.97 Å². The Morgan fingerprint density at radius 2 is 2.16 bits per heavy atom. The fraction of sp³-hybridized carbons (Fsp3) is 0.500. The second-order valence-electron chi connectivity index (χ2n) is 5.09. The number of carboxylic acid groups (broad SMARTS) is 1. The first kappa shape index (κ1) is 12.4. The van der Waals surface area contributed by atoms with Crippen LogP contribution in [0.3, 0.4) is 0 Å². The van der Waals surface area contributed by atoms with Gasteiger partial charge in [-0.2, -0.15) is 0 Å². The van der Waals surface area contributed by atoms with Crippen molar-refractivity contribution in [2.45, 2.75) is 25.7 Å². The zero-order chi connectivity index (χ0) is 13.4. The summed E-state index contributed by atoms with van der Waals surface area (Å²) < 4.78 is 10.9. The van der Waals surface area contributed by atoms with Crippen LogP contribution in [0.5, 0.6) is 5.75 Å². The highest BCUT2D eigenvalue weighted by atomic mass is 16.5. The Morgan fingerprint density at radius 1 is 1.42 bits per heavy atom. The molecule has 0 radical (unpaired) electrons. The predicted octanol–water partition coefficient (Wildman–Crippen LogP) is 1.46. The minimum absolute atomic E-state index is 0.0435. The molecule has 0 bridgehead atoms. The lowest BCUT2D eigenvalue weighted by Crippen LogP contribution is -2.17. The molecule has 0 spiro atoms. The van der Waals surface area contributed by atoms with Gasteiger partial charge in [0, 0.05) is 18.2 Å². The average Bonchev–Trinajstić information content (AvgIpc) is 3.05. The molecule has 1 aromatic rings. The van der Waals surface area contributed by atoms with E-state index >= 15 is 0 Å². The van der Waals surface area contributed by atoms with Crippen LogP contribution in [-0.2, 0) is 22.7 Å². The van der Waals surface area contributed by atoms with Gasteiger partial charge >= 0.3 is 5.97 Å². The summed E-state index contributed by atoms with van der Waals surface area (Å²) in [6.45, 7) is 1.76. The molecule has 2 aliphatic heterocycles. The van der Waals surface area contributed by atoms with Gasteiger partial charge in [0.25, 0.3) is 0 Å². The lowest BCUT2D eigenvalue weighted by Gasteiger charge is -2.16. The van der Waals surface area contributed by atoms with Gasteiger partial charge in [0.15, 0.2) is 0 Å². The molecule has 2 N–H and O–H groups in total. The third kappa shape index (κ3) is 2.19. The largest absolute Gasteiger partial charge is 0.496 e. The number of hydrogen-bond donors (Lipinski definition) is 2. The fourth-order valence-corrected chi connectivity index (χ4v) is 2.84. The number of hydrogen-bond acceptors (Lipinski definition) is 4. The van der Waals surface area contributed by atoms with Crippen LogP contribution in [0, 0.1) is 5.92 Å². The minimum atomic E-state index is -0.738. The van der Waals surface area contributed by atoms with Gasteiger partial charge < -0.3 is 19.9 Å². The van der Waals surface area contributed by atoms with Crippen molar-refractivity contribution < 1.29 is 19.4 Å². The highest BCUT2D eigenvalue weighted by Crippen LogP contribution is 2.37. The summed E-state index contributed by atoms with van der Waals surface area (Å²) in [4.78, 5) is 11.0. The second-order valence-corrected chi connectivity index (χ2v) is 5.09. The van der Waals surface area contributed by atoms with Gasteiger partial charge in [-0.15, -0.1) is 0 Å². The molecule has 0 aliphatic carbocycles. The molecular formula is C14H17NO4. The first-order valence-electron chi connectivity index (χ1n) is 6.42. The van der Waals surface area contributed by atoms with Gasteiger partial charge in [0.1, 0.15) is 5.75 Å². The van der Waals surface area contributed by atoms with Crippen LogP contribution in [0.25, 0.3) is 0 Å². The van der Waals surface area contributed by atoms with Crippen LogP contribution in [0.4, 0.5) is 0 Å². The van der Waals surface area contributed by atoms with Gasteiger partial charge in [0.2, 0.25) is 0 Å². The van der Waals surface area contributed by atoms with Crippen LogP contribution in [-0.4, -0.2) is 24.7 Å². The summed E-state index contributed by atoms with van der Waals surface area (Å²) in [6.07, 6.45) is 0.603. The van der Waals surface area contributed by atoms with E-state index in [2.05, 4.69) is 11.4 Å². The maximum absolute atomic E-state index is 11.0. The van der Waals surface area contributed by atoms with Crippen molar-refractivity contribution in [2.75, 3.05) is 13.7 Å². The highest BCUT2D eigenvalue weighted by Gasteiger charge is 2.32. The van der Waals surface area contributed by atoms with Gasteiger partial charge in [0.05, 0.1) is 26.2 Å². The Hall–Kier alpha value is -1.59. The Labute approximate surface area is 111 Å². The first-order chi connectivity index (χ1) is 9.19. The summed E-state index contributed by atoms with van der Waals surface area (Å²) in [7, 11) is 1.64. The van der Waals surface area contributed by atoms with E-state index in [-0.39, 0.29) is 12.0 Å². The summed E-state index contributed by atoms with van der Waals surface area (Å²) in [5.74, 6) is -0.245. The van der Waals surface area contributed by atoms with Gasteiger partial charge in [-0.25, -0.2) is 0 Å². The van der Waals surface area contributed by atoms with E-state index in [9.17, 15) is 4.79 Å². The first-order valence-corrected chi connectivity index (χ1v) is 6.42. The van der Waals surface area contributed by atoms with E-state index in [0.29, 0.717) is 26.2 Å². The molecule has 19 heavy (non-hydrogen) atoms. The number of fused-ring (bicyclic) bond motifs is 1. The molecule has 2 heterocycles. The Kier molecular flexibility index (Phi) is 3.16. The third-order valence-electron chi connectivity index (χ3n) is 3.92. The standard InChI is InChI=1S/C14H17NO4/c1-18-13-4-10-7-19-6-9(10)2-11(13)12-3-8(5-15-12)14(16)17/h2,4,8,12,15H,3,5-7H2,1H3,(H,16,17). The molecule has 0 saturated carbocycles. The van der Waals surface area contributed by atoms with E-state index in [1.165, 1.54) is 5.56 Å². The third-order valence-corrected chi connectivity index (χ3v) is 3.92. The minimum Gasteiger partial charge on any atom is -0.496 e. The van der Waals surface area contributed by atoms with Gasteiger partial charge in [-0.3, -0.25) is 4.79 Å². The monoisotopic (exact) mass is 263 g/mol. The summed E-state index contributed by atoms with van der Waals surface area (Å²) >= 11 is 0. The van der Waals surface area contributed by atoms with Crippen LogP contribution >= 0.6 is 0 Å². The van der Waals surface area contributed by atoms with Crippen molar-refractivity contribution in [1.82, 2.24) is 5.32 Å². The van der Waals surface area contributed by atoms with Crippen LogP contribution in [0.1, 0.15) is 29.2 Å². The number of nitrogens with one attached hydrogen (secondary N) is 1. The van der Waals surface area contributed by atoms with Crippen LogP contribution < -0.4 is 10.1 Å². The lowest BCUT2D eigenvalue weighted by molar-refractivity contribution is -0.141. The quantitative estimate of drug-likeness (QED) is 0.864. The van der Waals surface area contributed by atoms with Gasteiger partial charge in [-0.05, 0) is 29.7 Å². The molecule has 1 saturated heterocycles. The second kappa shape index (κ2) is 4.83. The van der Waals surface area contributed by atoms with E-state index in [1.54, 1.807) is 7.11 Å². The molecule has 1 fully saturated rings. The number of carbonyl (C=O) groups is 1. The Morgan fingerprint density at radius 3 is 2.79 bits per heavy atom. The topological polar surface area (TPSA) is 67.8 Å². The molecule has 5 heteroatoms. The molecular weight excluding hydrogens is 246 g/mol. The van der Waals surface area contributed by atoms with Crippen molar-refractivity contribution in [3.8, 4) is 5.75 Å². The maximum atomic E-state index is 11.0. The number of benzene rings is 1. The number of ether oxygens (including phenoxy) is 2. The highest BCUT2D eigenvalue weighted by molar-refractivity contribution is 5.71. The lowest BCUT2D eigenvalue weighted by atomic mass is 9.96. The molecule has 0 aromatic heterocycles. The number of rotatable bonds is 3. The normalized spacial score (nSPS) is 25.3. The predicted molar refractivity (Wildman–Crippen MR) is 68.0 cm³/mol. The van der Waals surface area contributed by atoms with Crippen LogP contribution in [0.2, 0.25) is 0 Å². The summed E-state index contributed by atoms with van der Waals surface area (Å²) in [5, 5.41) is 12.3. The summed E-state index contributed by atoms with van der Waals surface area (Å²) in [6, 6.07) is 4.14. The zero-order valence-electron chi connectivity index (χ0n) is 10.8. The Balaban J connectivity index is 1.90. The molecule has 1 aromatic carbocycles. The smallest absolute Gasteiger partial charge is 0.307 e. The van der Waals surface area contributed by atoms with Crippen molar-refractivity contribution in [3.63, 3.8) is 0 Å².